The van der Waals surface area contributed by atoms with Crippen molar-refractivity contribution in [1.29, 1.82) is 0 Å². The first-order valence-electron chi connectivity index (χ1n) is 15.1. The average molecular weight is 651 g/mol. The number of rotatable bonds is 12. The first-order chi connectivity index (χ1) is 21.4. The standard InChI is InChI=1S/C34H44F2N6O3Si/c1-21(23-11-10-12-25(15-23)34(35,36)20-45-46(8,9)33(3,4)5)39-31-28-18-26(13-14-29(28)40-22(2)41-31)42(6)27-16-24(17-30(37)43)32(44-7)38-19-27/h10-16,18-19,21H,17,20H2,1-9H3,(H2,37,43)(H,39,40,41)/t21-/m1/s1. The van der Waals surface area contributed by atoms with Gasteiger partial charge in [-0.25, -0.2) is 15.0 Å². The molecule has 0 spiro atoms. The van der Waals surface area contributed by atoms with Gasteiger partial charge in [-0.1, -0.05) is 39.0 Å². The Morgan fingerprint density at radius 3 is 2.46 bits per heavy atom. The molecule has 0 aliphatic carbocycles. The highest BCUT2D eigenvalue weighted by Gasteiger charge is 2.41. The molecule has 4 rings (SSSR count). The molecule has 1 atom stereocenters. The van der Waals surface area contributed by atoms with Crippen molar-refractivity contribution in [1.82, 2.24) is 15.0 Å². The molecule has 2 aromatic heterocycles. The Kier molecular flexibility index (Phi) is 10.0. The lowest BCUT2D eigenvalue weighted by molar-refractivity contribution is -0.117. The molecule has 3 N–H and O–H groups in total. The van der Waals surface area contributed by atoms with Gasteiger partial charge in [0.15, 0.2) is 8.32 Å². The number of aromatic nitrogens is 3. The van der Waals surface area contributed by atoms with Crippen LogP contribution in [0, 0.1) is 6.92 Å². The largest absolute Gasteiger partial charge is 0.481 e. The van der Waals surface area contributed by atoms with E-state index in [1.807, 2.05) is 90.0 Å². The van der Waals surface area contributed by atoms with Gasteiger partial charge in [0.2, 0.25) is 11.8 Å². The maximum absolute atomic E-state index is 15.4. The molecular weight excluding hydrogens is 606 g/mol. The predicted molar refractivity (Wildman–Crippen MR) is 182 cm³/mol. The number of nitrogens with one attached hydrogen (secondary N) is 1. The molecule has 0 saturated carbocycles. The van der Waals surface area contributed by atoms with Crippen LogP contribution in [-0.2, 0) is 21.6 Å². The number of alkyl halides is 2. The number of carbonyl (C=O) groups excluding carboxylic acids is 1. The summed E-state index contributed by atoms with van der Waals surface area (Å²) in [5.41, 5.74) is 8.88. The number of hydrogen-bond donors (Lipinski definition) is 2. The third kappa shape index (κ3) is 7.79. The number of primary amides is 1. The molecule has 0 unspecified atom stereocenters. The van der Waals surface area contributed by atoms with E-state index in [0.29, 0.717) is 28.6 Å². The number of nitrogens with two attached hydrogens (primary N) is 1. The fourth-order valence-electron chi connectivity index (χ4n) is 4.76. The lowest BCUT2D eigenvalue weighted by atomic mass is 10.0. The molecule has 0 fully saturated rings. The number of ether oxygens (including phenoxy) is 1. The number of pyridine rings is 1. The number of anilines is 3. The fourth-order valence-corrected chi connectivity index (χ4v) is 5.74. The lowest BCUT2D eigenvalue weighted by Crippen LogP contribution is -2.43. The van der Waals surface area contributed by atoms with Crippen LogP contribution in [0.3, 0.4) is 0 Å². The van der Waals surface area contributed by atoms with E-state index in [0.717, 1.165) is 22.3 Å². The molecule has 46 heavy (non-hydrogen) atoms. The van der Waals surface area contributed by atoms with E-state index >= 15 is 8.78 Å². The van der Waals surface area contributed by atoms with Gasteiger partial charge in [0.1, 0.15) is 18.2 Å². The molecule has 0 aliphatic heterocycles. The average Bonchev–Trinajstić information content (AvgIpc) is 2.98. The van der Waals surface area contributed by atoms with Crippen molar-refractivity contribution >= 4 is 42.3 Å². The van der Waals surface area contributed by atoms with Crippen LogP contribution >= 0.6 is 0 Å². The van der Waals surface area contributed by atoms with Gasteiger partial charge < -0.3 is 25.1 Å². The van der Waals surface area contributed by atoms with Crippen LogP contribution in [0.1, 0.15) is 56.3 Å². The van der Waals surface area contributed by atoms with Crippen molar-refractivity contribution in [2.45, 2.75) is 71.1 Å². The number of halogens is 2. The second-order valence-electron chi connectivity index (χ2n) is 13.1. The van der Waals surface area contributed by atoms with Gasteiger partial charge in [0.25, 0.3) is 5.92 Å². The highest BCUT2D eigenvalue weighted by Crippen LogP contribution is 2.39. The monoisotopic (exact) mass is 650 g/mol. The Morgan fingerprint density at radius 2 is 1.80 bits per heavy atom. The Labute approximate surface area is 270 Å². The van der Waals surface area contributed by atoms with Gasteiger partial charge in [0.05, 0.1) is 30.9 Å². The number of aryl methyl sites for hydroxylation is 1. The highest BCUT2D eigenvalue weighted by atomic mass is 28.4. The lowest BCUT2D eigenvalue weighted by Gasteiger charge is -2.37. The van der Waals surface area contributed by atoms with Crippen molar-refractivity contribution in [2.75, 3.05) is 31.0 Å². The summed E-state index contributed by atoms with van der Waals surface area (Å²) in [5, 5.41) is 4.01. The van der Waals surface area contributed by atoms with Gasteiger partial charge in [-0.2, -0.15) is 8.78 Å². The van der Waals surface area contributed by atoms with Crippen molar-refractivity contribution in [2.24, 2.45) is 5.73 Å². The third-order valence-corrected chi connectivity index (χ3v) is 13.1. The normalized spacial score (nSPS) is 13.0. The van der Waals surface area contributed by atoms with Gasteiger partial charge in [-0.05, 0) is 67.9 Å². The van der Waals surface area contributed by atoms with Gasteiger partial charge in [-0.3, -0.25) is 4.79 Å². The van der Waals surface area contributed by atoms with Crippen LogP contribution in [0.2, 0.25) is 18.1 Å². The quantitative estimate of drug-likeness (QED) is 0.152. The first kappa shape index (κ1) is 34.7. The van der Waals surface area contributed by atoms with Crippen molar-refractivity contribution in [3.63, 3.8) is 0 Å². The molecule has 9 nitrogen and oxygen atoms in total. The number of carbonyl (C=O) groups is 1. The third-order valence-electron chi connectivity index (χ3n) is 8.62. The summed E-state index contributed by atoms with van der Waals surface area (Å²) in [4.78, 5) is 27.2. The smallest absolute Gasteiger partial charge is 0.294 e. The van der Waals surface area contributed by atoms with Crippen LogP contribution < -0.4 is 20.7 Å². The van der Waals surface area contributed by atoms with Gasteiger partial charge in [0, 0.05) is 35.3 Å². The van der Waals surface area contributed by atoms with E-state index in [2.05, 4.69) is 20.3 Å². The molecular formula is C34H44F2N6O3Si. The molecule has 12 heteroatoms. The number of amides is 1. The summed E-state index contributed by atoms with van der Waals surface area (Å²) >= 11 is 0. The Morgan fingerprint density at radius 1 is 1.09 bits per heavy atom. The summed E-state index contributed by atoms with van der Waals surface area (Å²) in [6.07, 6.45) is 1.64. The summed E-state index contributed by atoms with van der Waals surface area (Å²) in [5.74, 6) is -2.15. The van der Waals surface area contributed by atoms with E-state index in [-0.39, 0.29) is 23.1 Å². The summed E-state index contributed by atoms with van der Waals surface area (Å²) < 4.78 is 42.0. The zero-order valence-corrected chi connectivity index (χ0v) is 29.0. The Bertz CT molecular complexity index is 1730. The number of methoxy groups -OCH3 is 1. The van der Waals surface area contributed by atoms with E-state index < -0.39 is 26.8 Å². The maximum Gasteiger partial charge on any atom is 0.294 e. The number of fused-ring (bicyclic) bond motifs is 1. The van der Waals surface area contributed by atoms with Gasteiger partial charge >= 0.3 is 0 Å². The van der Waals surface area contributed by atoms with E-state index in [9.17, 15) is 4.79 Å². The summed E-state index contributed by atoms with van der Waals surface area (Å²) in [6.45, 7) is 13.1. The van der Waals surface area contributed by atoms with E-state index in [1.54, 1.807) is 12.3 Å². The summed E-state index contributed by atoms with van der Waals surface area (Å²) in [7, 11) is 1.02. The Balaban J connectivity index is 1.62. The van der Waals surface area contributed by atoms with Crippen molar-refractivity contribution < 1.29 is 22.7 Å². The number of hydrogen-bond acceptors (Lipinski definition) is 8. The second kappa shape index (κ2) is 13.3. The van der Waals surface area contributed by atoms with E-state index in [1.165, 1.54) is 19.2 Å². The van der Waals surface area contributed by atoms with Crippen LogP contribution in [0.15, 0.2) is 54.7 Å². The van der Waals surface area contributed by atoms with Crippen LogP contribution in [0.25, 0.3) is 10.9 Å². The molecule has 1 amide bonds. The molecule has 0 bridgehead atoms. The molecule has 0 radical (unpaired) electrons. The van der Waals surface area contributed by atoms with Crippen LogP contribution in [-0.4, -0.2) is 49.9 Å². The zero-order chi connectivity index (χ0) is 34.0. The first-order valence-corrected chi connectivity index (χ1v) is 18.0. The number of benzene rings is 2. The molecule has 4 aromatic rings. The topological polar surface area (TPSA) is 115 Å². The summed E-state index contributed by atoms with van der Waals surface area (Å²) in [6, 6.07) is 13.7. The fraction of sp³-hybridized carbons (Fsp3) is 0.412. The highest BCUT2D eigenvalue weighted by molar-refractivity contribution is 6.74. The Hall–Kier alpha value is -4.16. The maximum atomic E-state index is 15.4. The van der Waals surface area contributed by atoms with Crippen molar-refractivity contribution in [3.8, 4) is 5.88 Å². The van der Waals surface area contributed by atoms with Gasteiger partial charge in [-0.15, -0.1) is 0 Å². The SMILES string of the molecule is COc1ncc(N(C)c2ccc3nc(C)nc(N[C@H](C)c4cccc(C(F)(F)CO[Si](C)(C)C(C)(C)C)c4)c3c2)cc1CC(N)=O. The molecule has 0 saturated heterocycles. The minimum atomic E-state index is -3.14. The second-order valence-corrected chi connectivity index (χ2v) is 17.9. The van der Waals surface area contributed by atoms with Crippen LogP contribution in [0.5, 0.6) is 5.88 Å². The predicted octanol–water partition coefficient (Wildman–Crippen LogP) is 7.42. The zero-order valence-electron chi connectivity index (χ0n) is 28.0. The molecule has 0 aliphatic rings. The minimum Gasteiger partial charge on any atom is -0.481 e. The number of nitrogens with zero attached hydrogens (tertiary/aromatic N) is 4. The van der Waals surface area contributed by atoms with Crippen LogP contribution in [0.4, 0.5) is 26.0 Å². The molecule has 2 heterocycles. The van der Waals surface area contributed by atoms with E-state index in [4.69, 9.17) is 14.9 Å². The van der Waals surface area contributed by atoms with Crippen molar-refractivity contribution in [3.05, 3.63) is 77.2 Å². The molecule has 246 valence electrons. The minimum absolute atomic E-state index is 0.00850. The molecule has 2 aromatic carbocycles.